The molecule has 3 aliphatic rings. The fraction of sp³-hybridized carbons (Fsp3) is 0.320. The lowest BCUT2D eigenvalue weighted by Crippen LogP contribution is -2.59. The number of halogens is 2. The quantitative estimate of drug-likeness (QED) is 0.338. The molecule has 0 saturated heterocycles. The SMILES string of the molecule is COc1cc(OC)c2c(c1Cl)O[C@@]1(C(=O)C3=C(C[C@H]1C)NC(=O)C[C@@H]3c1ccc(Cl)c([N+](=O)[O-])c1)C2=O. The summed E-state index contributed by atoms with van der Waals surface area (Å²) < 4.78 is 16.8. The number of carbonyl (C=O) groups is 3. The van der Waals surface area contributed by atoms with Gasteiger partial charge in [0, 0.05) is 41.7 Å². The number of nitrogens with one attached hydrogen (secondary N) is 1. The number of benzene rings is 2. The third-order valence-electron chi connectivity index (χ3n) is 7.13. The molecule has 2 aliphatic heterocycles. The average Bonchev–Trinajstić information content (AvgIpc) is 3.17. The van der Waals surface area contributed by atoms with Crippen molar-refractivity contribution in [2.45, 2.75) is 31.3 Å². The third-order valence-corrected chi connectivity index (χ3v) is 7.81. The summed E-state index contributed by atoms with van der Waals surface area (Å²) in [5.41, 5.74) is -1.46. The number of ketones is 2. The van der Waals surface area contributed by atoms with Crippen LogP contribution in [-0.2, 0) is 9.59 Å². The summed E-state index contributed by atoms with van der Waals surface area (Å²) in [5, 5.41) is 14.2. The molecule has 1 N–H and O–H groups in total. The first-order valence-corrected chi connectivity index (χ1v) is 12.0. The van der Waals surface area contributed by atoms with Crippen molar-refractivity contribution in [2.75, 3.05) is 14.2 Å². The van der Waals surface area contributed by atoms with E-state index in [1.807, 2.05) is 0 Å². The highest BCUT2D eigenvalue weighted by Crippen LogP contribution is 2.55. The fourth-order valence-electron chi connectivity index (χ4n) is 5.36. The standard InChI is InChI=1S/C25H20Cl2N2O8/c1-10-6-14-19(12(8-18(30)28-14)11-4-5-13(26)15(7-11)29(33)34)23(31)25(10)24(32)20-16(35-2)9-17(36-3)21(27)22(20)37-25/h4-5,7,9-10,12H,6,8H2,1-3H3,(H,28,30)/t10-,12-,25+/m1/s1. The molecule has 0 aromatic heterocycles. The zero-order valence-corrected chi connectivity index (χ0v) is 21.4. The number of nitrogens with zero attached hydrogens (tertiary/aromatic N) is 1. The molecular weight excluding hydrogens is 527 g/mol. The molecule has 0 unspecified atom stereocenters. The van der Waals surface area contributed by atoms with E-state index in [2.05, 4.69) is 5.32 Å². The van der Waals surface area contributed by atoms with Crippen LogP contribution in [0, 0.1) is 16.0 Å². The second-order valence-electron chi connectivity index (χ2n) is 9.07. The maximum atomic E-state index is 14.3. The van der Waals surface area contributed by atoms with Gasteiger partial charge in [-0.3, -0.25) is 24.5 Å². The van der Waals surface area contributed by atoms with Gasteiger partial charge in [-0.1, -0.05) is 36.2 Å². The van der Waals surface area contributed by atoms with Gasteiger partial charge in [-0.15, -0.1) is 0 Å². The number of allylic oxidation sites excluding steroid dienone is 1. The van der Waals surface area contributed by atoms with Gasteiger partial charge in [-0.25, -0.2) is 0 Å². The van der Waals surface area contributed by atoms with Crippen LogP contribution in [0.1, 0.15) is 41.6 Å². The van der Waals surface area contributed by atoms with E-state index in [0.29, 0.717) is 11.3 Å². The van der Waals surface area contributed by atoms with Crippen molar-refractivity contribution in [3.8, 4) is 17.2 Å². The molecule has 192 valence electrons. The van der Waals surface area contributed by atoms with E-state index in [4.69, 9.17) is 37.4 Å². The molecule has 1 spiro atoms. The van der Waals surface area contributed by atoms with Crippen molar-refractivity contribution >= 4 is 46.4 Å². The summed E-state index contributed by atoms with van der Waals surface area (Å²) in [4.78, 5) is 51.7. The number of nitro benzene ring substituents is 1. The summed E-state index contributed by atoms with van der Waals surface area (Å²) in [7, 11) is 2.76. The summed E-state index contributed by atoms with van der Waals surface area (Å²) >= 11 is 12.5. The van der Waals surface area contributed by atoms with Crippen LogP contribution in [-0.4, -0.2) is 42.2 Å². The summed E-state index contributed by atoms with van der Waals surface area (Å²) in [6.07, 6.45) is -0.0251. The molecular formula is C25H20Cl2N2O8. The van der Waals surface area contributed by atoms with Gasteiger partial charge in [-0.05, 0) is 18.1 Å². The molecule has 5 rings (SSSR count). The summed E-state index contributed by atoms with van der Waals surface area (Å²) in [6.45, 7) is 1.67. The van der Waals surface area contributed by atoms with Crippen LogP contribution in [0.15, 0.2) is 35.5 Å². The van der Waals surface area contributed by atoms with Gasteiger partial charge in [-0.2, -0.15) is 0 Å². The molecule has 1 aliphatic carbocycles. The first kappa shape index (κ1) is 25.0. The van der Waals surface area contributed by atoms with Gasteiger partial charge in [0.1, 0.15) is 27.1 Å². The molecule has 0 saturated carbocycles. The Morgan fingerprint density at radius 3 is 2.43 bits per heavy atom. The Hall–Kier alpha value is -3.63. The van der Waals surface area contributed by atoms with E-state index in [9.17, 15) is 24.5 Å². The van der Waals surface area contributed by atoms with Crippen LogP contribution in [0.4, 0.5) is 5.69 Å². The third kappa shape index (κ3) is 3.50. The van der Waals surface area contributed by atoms with Gasteiger partial charge >= 0.3 is 0 Å². The number of hydrogen-bond acceptors (Lipinski definition) is 8. The van der Waals surface area contributed by atoms with Crippen LogP contribution in [0.25, 0.3) is 0 Å². The molecule has 0 radical (unpaired) electrons. The minimum atomic E-state index is -1.97. The van der Waals surface area contributed by atoms with Crippen molar-refractivity contribution in [2.24, 2.45) is 5.92 Å². The van der Waals surface area contributed by atoms with Gasteiger partial charge < -0.3 is 19.5 Å². The number of ether oxygens (including phenoxy) is 3. The van der Waals surface area contributed by atoms with E-state index in [1.54, 1.807) is 6.92 Å². The Kier molecular flexibility index (Phi) is 5.91. The number of methoxy groups -OCH3 is 2. The Bertz CT molecular complexity index is 1450. The van der Waals surface area contributed by atoms with Crippen LogP contribution < -0.4 is 19.5 Å². The minimum Gasteiger partial charge on any atom is -0.496 e. The summed E-state index contributed by atoms with van der Waals surface area (Å²) in [6, 6.07) is 5.56. The molecule has 37 heavy (non-hydrogen) atoms. The zero-order chi connectivity index (χ0) is 26.8. The Morgan fingerprint density at radius 1 is 1.08 bits per heavy atom. The molecule has 2 heterocycles. The number of fused-ring (bicyclic) bond motifs is 1. The number of rotatable bonds is 4. The minimum absolute atomic E-state index is 0.0186. The highest BCUT2D eigenvalue weighted by molar-refractivity contribution is 6.36. The lowest BCUT2D eigenvalue weighted by molar-refractivity contribution is -0.384. The predicted octanol–water partition coefficient (Wildman–Crippen LogP) is 4.40. The number of carbonyl (C=O) groups excluding carboxylic acids is 3. The van der Waals surface area contributed by atoms with Crippen molar-refractivity contribution in [1.29, 1.82) is 0 Å². The monoisotopic (exact) mass is 546 g/mol. The van der Waals surface area contributed by atoms with Crippen molar-refractivity contribution in [1.82, 2.24) is 5.32 Å². The van der Waals surface area contributed by atoms with E-state index in [-0.39, 0.29) is 62.9 Å². The van der Waals surface area contributed by atoms with Gasteiger partial charge in [0.2, 0.25) is 23.1 Å². The number of Topliss-reactive ketones (excluding diaryl/α,β-unsaturated/α-hetero) is 2. The lowest BCUT2D eigenvalue weighted by atomic mass is 9.66. The highest BCUT2D eigenvalue weighted by atomic mass is 35.5. The first-order valence-electron chi connectivity index (χ1n) is 11.2. The van der Waals surface area contributed by atoms with E-state index >= 15 is 0 Å². The highest BCUT2D eigenvalue weighted by Gasteiger charge is 2.63. The topological polar surface area (TPSA) is 134 Å². The van der Waals surface area contributed by atoms with Gasteiger partial charge in [0.15, 0.2) is 5.75 Å². The average molecular weight is 547 g/mol. The van der Waals surface area contributed by atoms with E-state index < -0.39 is 33.9 Å². The fourth-order valence-corrected chi connectivity index (χ4v) is 5.81. The molecule has 3 atom stereocenters. The van der Waals surface area contributed by atoms with Crippen molar-refractivity contribution < 1.29 is 33.5 Å². The van der Waals surface area contributed by atoms with Crippen molar-refractivity contribution in [3.05, 3.63) is 66.8 Å². The van der Waals surface area contributed by atoms with Crippen LogP contribution >= 0.6 is 23.2 Å². The molecule has 10 nitrogen and oxygen atoms in total. The maximum Gasteiger partial charge on any atom is 0.288 e. The molecule has 0 fully saturated rings. The summed E-state index contributed by atoms with van der Waals surface area (Å²) in [5.74, 6) is -2.85. The first-order chi connectivity index (χ1) is 17.5. The Labute approximate surface area is 220 Å². The number of nitro groups is 1. The maximum absolute atomic E-state index is 14.3. The molecule has 1 amide bonds. The predicted molar refractivity (Wildman–Crippen MR) is 132 cm³/mol. The second kappa shape index (κ2) is 8.74. The zero-order valence-electron chi connectivity index (χ0n) is 19.8. The molecule has 2 aromatic rings. The van der Waals surface area contributed by atoms with Crippen molar-refractivity contribution in [3.63, 3.8) is 0 Å². The Morgan fingerprint density at radius 2 is 1.78 bits per heavy atom. The van der Waals surface area contributed by atoms with Gasteiger partial charge in [0.05, 0.1) is 19.1 Å². The van der Waals surface area contributed by atoms with Crippen LogP contribution in [0.2, 0.25) is 10.0 Å². The van der Waals surface area contributed by atoms with E-state index in [1.165, 1.54) is 38.5 Å². The molecule has 12 heteroatoms. The normalized spacial score (nSPS) is 24.4. The Balaban J connectivity index is 1.67. The number of hydrogen-bond donors (Lipinski definition) is 1. The number of amides is 1. The smallest absolute Gasteiger partial charge is 0.288 e. The largest absolute Gasteiger partial charge is 0.496 e. The van der Waals surface area contributed by atoms with Crippen LogP contribution in [0.5, 0.6) is 17.2 Å². The molecule has 2 aromatic carbocycles. The van der Waals surface area contributed by atoms with Gasteiger partial charge in [0.25, 0.3) is 5.69 Å². The molecule has 0 bridgehead atoms. The van der Waals surface area contributed by atoms with Crippen LogP contribution in [0.3, 0.4) is 0 Å². The lowest BCUT2D eigenvalue weighted by Gasteiger charge is -2.41. The second-order valence-corrected chi connectivity index (χ2v) is 9.85. The van der Waals surface area contributed by atoms with E-state index in [0.717, 1.165) is 0 Å².